The van der Waals surface area contributed by atoms with Crippen LogP contribution in [0.15, 0.2) is 82.0 Å². The Morgan fingerprint density at radius 2 is 1.52 bits per heavy atom. The van der Waals surface area contributed by atoms with E-state index >= 15 is 0 Å². The van der Waals surface area contributed by atoms with Crippen molar-refractivity contribution in [3.8, 4) is 33.9 Å². The van der Waals surface area contributed by atoms with Crippen molar-refractivity contribution in [2.45, 2.75) is 5.51 Å². The molecule has 1 heterocycles. The Morgan fingerprint density at radius 1 is 0.848 bits per heavy atom. The summed E-state index contributed by atoms with van der Waals surface area (Å²) in [7, 11) is -4.56. The van der Waals surface area contributed by atoms with Crippen molar-refractivity contribution in [1.82, 2.24) is 0 Å². The highest BCUT2D eigenvalue weighted by Gasteiger charge is 2.49. The molecular weight excluding hydrogens is 461 g/mol. The Kier molecular flexibility index (Phi) is 5.62. The summed E-state index contributed by atoms with van der Waals surface area (Å²) in [5, 5.41) is -0.431. The largest absolute Gasteiger partial charge is 0.534 e. The Morgan fingerprint density at radius 3 is 2.12 bits per heavy atom. The monoisotopic (exact) mass is 476 g/mol. The maximum absolute atomic E-state index is 13.0. The topological polar surface area (TPSA) is 82.8 Å². The molecule has 0 spiro atoms. The summed E-state index contributed by atoms with van der Waals surface area (Å²) in [5.41, 5.74) is -5.26. The Hall–Kier alpha value is -3.79. The van der Waals surface area contributed by atoms with Gasteiger partial charge < -0.3 is 13.3 Å². The van der Waals surface area contributed by atoms with Crippen molar-refractivity contribution < 1.29 is 34.9 Å². The molecule has 0 atom stereocenters. The van der Waals surface area contributed by atoms with Gasteiger partial charge in [0, 0.05) is 11.6 Å². The summed E-state index contributed by atoms with van der Waals surface area (Å²) in [5.74, 6) is -0.0952. The Balaban J connectivity index is 1.97. The molecule has 4 aromatic rings. The minimum Gasteiger partial charge on any atom is -0.497 e. The molecule has 0 fully saturated rings. The standard InChI is InChI=1S/C23H15F3O6S/c1-30-17-9-7-14(8-10-17)16-11-20-22(21(12-16)32-33(28,29)23(24,25)26)18(27)13-19(31-20)15-5-3-2-4-6-15/h2-13H,1H3. The minimum absolute atomic E-state index is 0.137. The SMILES string of the molecule is COc1ccc(-c2cc(OS(=O)(=O)C(F)(F)F)c3c(=O)cc(-c4ccccc4)oc3c2)cc1. The van der Waals surface area contributed by atoms with E-state index in [2.05, 4.69) is 4.18 Å². The number of methoxy groups -OCH3 is 1. The lowest BCUT2D eigenvalue weighted by atomic mass is 10.0. The van der Waals surface area contributed by atoms with Gasteiger partial charge in [-0.2, -0.15) is 21.6 Å². The fraction of sp³-hybridized carbons (Fsp3) is 0.0870. The van der Waals surface area contributed by atoms with Gasteiger partial charge in [0.1, 0.15) is 22.5 Å². The van der Waals surface area contributed by atoms with E-state index in [1.807, 2.05) is 0 Å². The minimum atomic E-state index is -6.03. The fourth-order valence-corrected chi connectivity index (χ4v) is 3.64. The van der Waals surface area contributed by atoms with E-state index in [9.17, 15) is 26.4 Å². The molecule has 0 aliphatic rings. The molecule has 170 valence electrons. The van der Waals surface area contributed by atoms with E-state index in [0.717, 1.165) is 12.1 Å². The first kappa shape index (κ1) is 22.4. The van der Waals surface area contributed by atoms with Crippen LogP contribution in [0.4, 0.5) is 13.2 Å². The van der Waals surface area contributed by atoms with E-state index in [4.69, 9.17) is 9.15 Å². The molecule has 0 bridgehead atoms. The molecule has 0 N–H and O–H groups in total. The predicted octanol–water partition coefficient (Wildman–Crippen LogP) is 5.36. The zero-order valence-electron chi connectivity index (χ0n) is 16.9. The van der Waals surface area contributed by atoms with Crippen LogP contribution in [0.2, 0.25) is 0 Å². The molecule has 0 amide bonds. The maximum Gasteiger partial charge on any atom is 0.534 e. The van der Waals surface area contributed by atoms with Gasteiger partial charge in [0.25, 0.3) is 0 Å². The lowest BCUT2D eigenvalue weighted by Gasteiger charge is -2.13. The quantitative estimate of drug-likeness (QED) is 0.285. The number of hydrogen-bond donors (Lipinski definition) is 0. The molecule has 4 rings (SSSR count). The van der Waals surface area contributed by atoms with Gasteiger partial charge in [-0.3, -0.25) is 4.79 Å². The Labute approximate surface area is 185 Å². The van der Waals surface area contributed by atoms with Crippen LogP contribution in [0.5, 0.6) is 11.5 Å². The Bertz CT molecular complexity index is 1480. The second-order valence-corrected chi connectivity index (χ2v) is 8.44. The average Bonchev–Trinajstić information content (AvgIpc) is 2.78. The number of rotatable bonds is 5. The van der Waals surface area contributed by atoms with Crippen LogP contribution in [0, 0.1) is 0 Å². The van der Waals surface area contributed by atoms with Crippen LogP contribution in [0.3, 0.4) is 0 Å². The van der Waals surface area contributed by atoms with Gasteiger partial charge in [-0.15, -0.1) is 0 Å². The molecule has 0 radical (unpaired) electrons. The highest BCUT2D eigenvalue weighted by atomic mass is 32.2. The summed E-state index contributed by atoms with van der Waals surface area (Å²) in [6, 6.07) is 18.6. The first-order chi connectivity index (χ1) is 15.6. The molecule has 6 nitrogen and oxygen atoms in total. The molecule has 0 saturated heterocycles. The van der Waals surface area contributed by atoms with Crippen LogP contribution >= 0.6 is 0 Å². The molecule has 0 saturated carbocycles. The summed E-state index contributed by atoms with van der Waals surface area (Å²) in [6.07, 6.45) is 0. The summed E-state index contributed by atoms with van der Waals surface area (Å²) >= 11 is 0. The van der Waals surface area contributed by atoms with Crippen LogP contribution < -0.4 is 14.3 Å². The number of fused-ring (bicyclic) bond motifs is 1. The molecule has 1 aromatic heterocycles. The molecule has 0 aliphatic carbocycles. The summed E-state index contributed by atoms with van der Waals surface area (Å²) < 4.78 is 77.6. The van der Waals surface area contributed by atoms with Crippen molar-refractivity contribution in [3.05, 3.63) is 83.0 Å². The zero-order chi connectivity index (χ0) is 23.8. The molecule has 3 aromatic carbocycles. The van der Waals surface area contributed by atoms with Crippen LogP contribution in [0.1, 0.15) is 0 Å². The first-order valence-electron chi connectivity index (χ1n) is 9.41. The van der Waals surface area contributed by atoms with E-state index in [1.54, 1.807) is 54.6 Å². The number of benzene rings is 3. The van der Waals surface area contributed by atoms with Gasteiger partial charge in [-0.1, -0.05) is 42.5 Å². The van der Waals surface area contributed by atoms with Crippen LogP contribution in [0.25, 0.3) is 33.4 Å². The zero-order valence-corrected chi connectivity index (χ0v) is 17.7. The first-order valence-corrected chi connectivity index (χ1v) is 10.8. The third kappa shape index (κ3) is 4.42. The smallest absolute Gasteiger partial charge is 0.497 e. The van der Waals surface area contributed by atoms with Gasteiger partial charge in [-0.05, 0) is 35.4 Å². The van der Waals surface area contributed by atoms with Gasteiger partial charge in [0.2, 0.25) is 0 Å². The maximum atomic E-state index is 13.0. The third-order valence-electron chi connectivity index (χ3n) is 4.76. The summed E-state index contributed by atoms with van der Waals surface area (Å²) in [4.78, 5) is 12.8. The predicted molar refractivity (Wildman–Crippen MR) is 116 cm³/mol. The van der Waals surface area contributed by atoms with E-state index in [0.29, 0.717) is 16.9 Å². The van der Waals surface area contributed by atoms with Crippen molar-refractivity contribution in [1.29, 1.82) is 0 Å². The summed E-state index contributed by atoms with van der Waals surface area (Å²) in [6.45, 7) is 0. The van der Waals surface area contributed by atoms with Crippen molar-refractivity contribution in [2.24, 2.45) is 0 Å². The number of alkyl halides is 3. The van der Waals surface area contributed by atoms with Gasteiger partial charge in [-0.25, -0.2) is 0 Å². The number of ether oxygens (including phenoxy) is 1. The van der Waals surface area contributed by atoms with E-state index in [1.165, 1.54) is 13.2 Å². The van der Waals surface area contributed by atoms with E-state index < -0.39 is 32.2 Å². The highest BCUT2D eigenvalue weighted by Crippen LogP contribution is 2.36. The normalized spacial score (nSPS) is 12.0. The second-order valence-electron chi connectivity index (χ2n) is 6.90. The lowest BCUT2D eigenvalue weighted by Crippen LogP contribution is -2.28. The molecule has 10 heteroatoms. The van der Waals surface area contributed by atoms with Crippen LogP contribution in [-0.2, 0) is 10.1 Å². The fourth-order valence-electron chi connectivity index (χ4n) is 3.18. The van der Waals surface area contributed by atoms with E-state index in [-0.39, 0.29) is 16.9 Å². The molecule has 0 unspecified atom stereocenters. The number of halogens is 3. The molecule has 33 heavy (non-hydrogen) atoms. The lowest BCUT2D eigenvalue weighted by molar-refractivity contribution is -0.0499. The number of hydrogen-bond acceptors (Lipinski definition) is 6. The second kappa shape index (κ2) is 8.28. The van der Waals surface area contributed by atoms with Crippen LogP contribution in [-0.4, -0.2) is 21.0 Å². The third-order valence-corrected chi connectivity index (χ3v) is 5.73. The highest BCUT2D eigenvalue weighted by molar-refractivity contribution is 7.88. The van der Waals surface area contributed by atoms with Gasteiger partial charge in [0.15, 0.2) is 11.2 Å². The van der Waals surface area contributed by atoms with Crippen molar-refractivity contribution in [3.63, 3.8) is 0 Å². The molecular formula is C23H15F3O6S. The van der Waals surface area contributed by atoms with Crippen molar-refractivity contribution >= 4 is 21.1 Å². The van der Waals surface area contributed by atoms with Gasteiger partial charge in [0.05, 0.1) is 7.11 Å². The average molecular weight is 476 g/mol. The molecule has 0 aliphatic heterocycles. The van der Waals surface area contributed by atoms with Crippen molar-refractivity contribution in [2.75, 3.05) is 7.11 Å². The van der Waals surface area contributed by atoms with Gasteiger partial charge >= 0.3 is 15.6 Å².